The van der Waals surface area contributed by atoms with E-state index in [4.69, 9.17) is 14.0 Å². The molecule has 0 aromatic rings. The molecule has 3 rings (SSSR count). The van der Waals surface area contributed by atoms with Gasteiger partial charge in [-0.2, -0.15) is 17.2 Å². The smallest absolute Gasteiger partial charge is 0.458 e. The van der Waals surface area contributed by atoms with Gasteiger partial charge in [0.05, 0.1) is 5.92 Å². The highest BCUT2D eigenvalue weighted by atomic mass is 32.2. The number of fused-ring (bicyclic) bond motifs is 1. The number of hydrogen-bond acceptors (Lipinski definition) is 8. The van der Waals surface area contributed by atoms with Gasteiger partial charge in [0.15, 0.2) is 6.61 Å². The number of hydrogen-bond donors (Lipinski definition) is 1. The number of carbonyl (C=O) groups is 3. The first kappa shape index (κ1) is 17.0. The summed E-state index contributed by atoms with van der Waals surface area (Å²) in [6.07, 6.45) is -0.204. The predicted octanol–water partition coefficient (Wildman–Crippen LogP) is -0.497. The van der Waals surface area contributed by atoms with E-state index < -0.39 is 46.1 Å². The molecular weight excluding hydrogens is 358 g/mol. The standard InChI is InChI=1S/C12H12F2O9S/c13-12(14,24(18,19)20)11(17)21-3-7(15)22-8-4-1-5-6(2-4)10(16)23-9(5)8/h4-6,8-9H,1-3H2,(H,18,19,20)/t4-,5?,6+,8?,9?/m0/s1. The summed E-state index contributed by atoms with van der Waals surface area (Å²) in [7, 11) is -6.01. The first-order valence-corrected chi connectivity index (χ1v) is 8.38. The summed E-state index contributed by atoms with van der Waals surface area (Å²) in [5.41, 5.74) is 0. The molecule has 3 fully saturated rings. The maximum absolute atomic E-state index is 12.9. The van der Waals surface area contributed by atoms with Crippen molar-refractivity contribution in [3.63, 3.8) is 0 Å². The van der Waals surface area contributed by atoms with Crippen LogP contribution in [0.3, 0.4) is 0 Å². The van der Waals surface area contributed by atoms with Gasteiger partial charge >= 0.3 is 33.3 Å². The van der Waals surface area contributed by atoms with Gasteiger partial charge in [-0.25, -0.2) is 9.59 Å². The topological polar surface area (TPSA) is 133 Å². The average Bonchev–Trinajstić information content (AvgIpc) is 3.08. The highest BCUT2D eigenvalue weighted by Crippen LogP contribution is 2.55. The fourth-order valence-electron chi connectivity index (χ4n) is 3.56. The predicted molar refractivity (Wildman–Crippen MR) is 66.9 cm³/mol. The van der Waals surface area contributed by atoms with E-state index in [0.29, 0.717) is 12.8 Å². The first-order chi connectivity index (χ1) is 11.0. The minimum Gasteiger partial charge on any atom is -0.458 e. The van der Waals surface area contributed by atoms with Crippen LogP contribution in [0.2, 0.25) is 0 Å². The Kier molecular flexibility index (Phi) is 3.79. The fourth-order valence-corrected chi connectivity index (χ4v) is 3.83. The van der Waals surface area contributed by atoms with Crippen LogP contribution in [-0.4, -0.2) is 54.9 Å². The molecule has 3 aliphatic rings. The van der Waals surface area contributed by atoms with E-state index in [-0.39, 0.29) is 23.7 Å². The number of esters is 3. The number of alkyl halides is 2. The maximum Gasteiger partial charge on any atom is 0.465 e. The fraction of sp³-hybridized carbons (Fsp3) is 0.750. The minimum atomic E-state index is -6.01. The Morgan fingerprint density at radius 3 is 2.62 bits per heavy atom. The summed E-state index contributed by atoms with van der Waals surface area (Å²) in [6.45, 7) is -1.26. The number of rotatable bonds is 5. The Balaban J connectivity index is 1.54. The highest BCUT2D eigenvalue weighted by molar-refractivity contribution is 7.87. The maximum atomic E-state index is 12.9. The van der Waals surface area contributed by atoms with Crippen molar-refractivity contribution in [3.05, 3.63) is 0 Å². The van der Waals surface area contributed by atoms with Crippen LogP contribution >= 0.6 is 0 Å². The molecule has 2 bridgehead atoms. The molecule has 2 saturated carbocycles. The van der Waals surface area contributed by atoms with Crippen LogP contribution in [0.15, 0.2) is 0 Å². The summed E-state index contributed by atoms with van der Waals surface area (Å²) < 4.78 is 68.9. The molecule has 12 heteroatoms. The Labute approximate surface area is 134 Å². The Morgan fingerprint density at radius 1 is 1.33 bits per heavy atom. The molecular formula is C12H12F2O9S. The molecule has 0 amide bonds. The molecule has 1 N–H and O–H groups in total. The summed E-state index contributed by atoms with van der Waals surface area (Å²) in [5, 5.41) is -5.19. The monoisotopic (exact) mass is 370 g/mol. The van der Waals surface area contributed by atoms with Crippen LogP contribution in [0.4, 0.5) is 8.78 Å². The van der Waals surface area contributed by atoms with Crippen LogP contribution < -0.4 is 0 Å². The summed E-state index contributed by atoms with van der Waals surface area (Å²) in [4.78, 5) is 34.1. The summed E-state index contributed by atoms with van der Waals surface area (Å²) in [6, 6.07) is 0. The normalized spacial score (nSPS) is 34.1. The summed E-state index contributed by atoms with van der Waals surface area (Å²) >= 11 is 0. The van der Waals surface area contributed by atoms with Gasteiger partial charge in [0, 0.05) is 11.8 Å². The van der Waals surface area contributed by atoms with Crippen molar-refractivity contribution in [1.82, 2.24) is 0 Å². The van der Waals surface area contributed by atoms with E-state index in [0.717, 1.165) is 0 Å². The van der Waals surface area contributed by atoms with Gasteiger partial charge in [-0.15, -0.1) is 0 Å². The third kappa shape index (κ3) is 2.53. The molecule has 2 aliphatic carbocycles. The third-order valence-electron chi connectivity index (χ3n) is 4.56. The van der Waals surface area contributed by atoms with Crippen LogP contribution in [0.5, 0.6) is 0 Å². The van der Waals surface area contributed by atoms with Crippen molar-refractivity contribution in [2.45, 2.75) is 30.3 Å². The second-order valence-corrected chi connectivity index (χ2v) is 7.39. The molecule has 5 atom stereocenters. The zero-order valence-corrected chi connectivity index (χ0v) is 12.7. The lowest BCUT2D eigenvalue weighted by molar-refractivity contribution is -0.175. The molecule has 24 heavy (non-hydrogen) atoms. The second-order valence-electron chi connectivity index (χ2n) is 5.93. The third-order valence-corrected chi connectivity index (χ3v) is 5.38. The van der Waals surface area contributed by atoms with E-state index in [1.807, 2.05) is 0 Å². The van der Waals surface area contributed by atoms with Gasteiger partial charge in [0.25, 0.3) is 0 Å². The van der Waals surface area contributed by atoms with Gasteiger partial charge < -0.3 is 14.2 Å². The Bertz CT molecular complexity index is 703. The van der Waals surface area contributed by atoms with Crippen LogP contribution in [-0.2, 0) is 38.7 Å². The lowest BCUT2D eigenvalue weighted by atomic mass is 9.88. The lowest BCUT2D eigenvalue weighted by Gasteiger charge is -2.25. The quantitative estimate of drug-likeness (QED) is 0.386. The van der Waals surface area contributed by atoms with Crippen LogP contribution in [0.25, 0.3) is 0 Å². The van der Waals surface area contributed by atoms with Gasteiger partial charge in [0.1, 0.15) is 12.2 Å². The molecule has 0 aromatic heterocycles. The average molecular weight is 370 g/mol. The van der Waals surface area contributed by atoms with Crippen LogP contribution in [0, 0.1) is 17.8 Å². The van der Waals surface area contributed by atoms with Gasteiger partial charge in [-0.1, -0.05) is 0 Å². The molecule has 9 nitrogen and oxygen atoms in total. The van der Waals surface area contributed by atoms with Crippen molar-refractivity contribution in [2.75, 3.05) is 6.61 Å². The molecule has 1 aliphatic heterocycles. The van der Waals surface area contributed by atoms with Crippen molar-refractivity contribution in [2.24, 2.45) is 17.8 Å². The first-order valence-electron chi connectivity index (χ1n) is 6.94. The number of carbonyl (C=O) groups excluding carboxylic acids is 3. The highest BCUT2D eigenvalue weighted by Gasteiger charge is 2.63. The molecule has 134 valence electrons. The summed E-state index contributed by atoms with van der Waals surface area (Å²) in [5.74, 6) is -4.50. The van der Waals surface area contributed by atoms with E-state index in [2.05, 4.69) is 4.74 Å². The van der Waals surface area contributed by atoms with Crippen molar-refractivity contribution in [1.29, 1.82) is 0 Å². The zero-order chi connectivity index (χ0) is 17.9. The van der Waals surface area contributed by atoms with E-state index in [1.165, 1.54) is 0 Å². The van der Waals surface area contributed by atoms with Crippen LogP contribution in [0.1, 0.15) is 12.8 Å². The van der Waals surface area contributed by atoms with E-state index in [9.17, 15) is 31.6 Å². The zero-order valence-electron chi connectivity index (χ0n) is 11.9. The second kappa shape index (κ2) is 5.34. The van der Waals surface area contributed by atoms with Crippen molar-refractivity contribution >= 4 is 28.0 Å². The number of halogens is 2. The van der Waals surface area contributed by atoms with Crippen molar-refractivity contribution in [3.8, 4) is 0 Å². The SMILES string of the molecule is O=C(COC(=O)C(F)(F)S(=O)(=O)O)OC1C2OC(=O)[C@@H]3C[C@@H]1CC23. The molecule has 1 saturated heterocycles. The molecule has 0 radical (unpaired) electrons. The number of ether oxygens (including phenoxy) is 3. The minimum absolute atomic E-state index is 0.0493. The van der Waals surface area contributed by atoms with Gasteiger partial charge in [-0.05, 0) is 12.8 Å². The largest absolute Gasteiger partial charge is 0.465 e. The van der Waals surface area contributed by atoms with E-state index >= 15 is 0 Å². The van der Waals surface area contributed by atoms with Gasteiger partial charge in [0.2, 0.25) is 0 Å². The molecule has 1 heterocycles. The Hall–Kier alpha value is -1.82. The molecule has 0 spiro atoms. The van der Waals surface area contributed by atoms with Gasteiger partial charge in [-0.3, -0.25) is 9.35 Å². The molecule has 3 unspecified atom stereocenters. The van der Waals surface area contributed by atoms with Crippen molar-refractivity contribution < 1.29 is 50.3 Å². The molecule has 0 aromatic carbocycles. The Morgan fingerprint density at radius 2 is 2.00 bits per heavy atom. The lowest BCUT2D eigenvalue weighted by Crippen LogP contribution is -2.41. The van der Waals surface area contributed by atoms with E-state index in [1.54, 1.807) is 0 Å².